The van der Waals surface area contributed by atoms with Gasteiger partial charge in [-0.2, -0.15) is 10.1 Å². The minimum absolute atomic E-state index is 0.0320. The highest BCUT2D eigenvalue weighted by Gasteiger charge is 2.17. The molecule has 1 saturated heterocycles. The molecule has 0 unspecified atom stereocenters. The van der Waals surface area contributed by atoms with Crippen molar-refractivity contribution in [3.8, 4) is 11.5 Å². The molecule has 0 aliphatic carbocycles. The van der Waals surface area contributed by atoms with Gasteiger partial charge in [0.2, 0.25) is 0 Å². The Balaban J connectivity index is 1.18. The van der Waals surface area contributed by atoms with Gasteiger partial charge in [-0.05, 0) is 30.3 Å². The van der Waals surface area contributed by atoms with Gasteiger partial charge in [0.25, 0.3) is 5.95 Å². The smallest absolute Gasteiger partial charge is 0.270 e. The van der Waals surface area contributed by atoms with Crippen LogP contribution >= 0.6 is 0 Å². The van der Waals surface area contributed by atoms with Crippen molar-refractivity contribution in [2.24, 2.45) is 10.2 Å². The summed E-state index contributed by atoms with van der Waals surface area (Å²) in [6.07, 6.45) is 2.78. The van der Waals surface area contributed by atoms with Gasteiger partial charge in [0, 0.05) is 48.4 Å². The lowest BCUT2D eigenvalue weighted by Gasteiger charge is -2.27. The lowest BCUT2D eigenvalue weighted by atomic mass is 10.2. The Morgan fingerprint density at radius 2 is 1.61 bits per heavy atom. The SMILES string of the molecule is Oc1cc(O)cc(Nc2cccc(Nc3ccc(CN=Nc4ncc(F)c(N5CCOCC5)n4)nc3)c2)c1. The van der Waals surface area contributed by atoms with Gasteiger partial charge >= 0.3 is 0 Å². The normalized spacial score (nSPS) is 13.6. The summed E-state index contributed by atoms with van der Waals surface area (Å²) in [5.41, 5.74) is 3.61. The Hall–Kier alpha value is -4.84. The average Bonchev–Trinajstić information content (AvgIpc) is 2.91. The summed E-state index contributed by atoms with van der Waals surface area (Å²) < 4.78 is 19.5. The van der Waals surface area contributed by atoms with E-state index in [1.54, 1.807) is 11.1 Å². The molecule has 4 N–H and O–H groups in total. The number of benzene rings is 2. The molecule has 0 saturated carbocycles. The number of pyridine rings is 1. The molecule has 1 aliphatic heterocycles. The van der Waals surface area contributed by atoms with Crippen LogP contribution in [0.25, 0.3) is 0 Å². The van der Waals surface area contributed by atoms with Gasteiger partial charge in [-0.1, -0.05) is 6.07 Å². The summed E-state index contributed by atoms with van der Waals surface area (Å²) in [5.74, 6) is -0.285. The van der Waals surface area contributed by atoms with Crippen LogP contribution in [-0.2, 0) is 11.3 Å². The topological polar surface area (TPSA) is 140 Å². The van der Waals surface area contributed by atoms with Gasteiger partial charge in [0.05, 0.1) is 37.0 Å². The second-order valence-electron chi connectivity index (χ2n) is 8.45. The van der Waals surface area contributed by atoms with Crippen LogP contribution < -0.4 is 15.5 Å². The summed E-state index contributed by atoms with van der Waals surface area (Å²) in [4.78, 5) is 14.3. The number of azo groups is 1. The first-order valence-corrected chi connectivity index (χ1v) is 11.9. The van der Waals surface area contributed by atoms with Crippen molar-refractivity contribution in [1.82, 2.24) is 15.0 Å². The number of nitrogens with one attached hydrogen (secondary N) is 2. The molecule has 1 aliphatic rings. The fraction of sp³-hybridized carbons (Fsp3) is 0.192. The van der Waals surface area contributed by atoms with Crippen LogP contribution in [0.15, 0.2) is 77.2 Å². The number of hydrogen-bond donors (Lipinski definition) is 4. The first kappa shape index (κ1) is 24.8. The van der Waals surface area contributed by atoms with Gasteiger partial charge in [-0.25, -0.2) is 9.37 Å². The lowest BCUT2D eigenvalue weighted by molar-refractivity contribution is 0.122. The number of ether oxygens (including phenoxy) is 1. The van der Waals surface area contributed by atoms with E-state index in [2.05, 4.69) is 35.8 Å². The molecule has 194 valence electrons. The molecule has 4 aromatic rings. The molecule has 11 nitrogen and oxygen atoms in total. The number of aromatic hydroxyl groups is 2. The first-order valence-electron chi connectivity index (χ1n) is 11.9. The monoisotopic (exact) mass is 516 g/mol. The first-order chi connectivity index (χ1) is 18.5. The van der Waals surface area contributed by atoms with E-state index < -0.39 is 5.82 Å². The average molecular weight is 517 g/mol. The Morgan fingerprint density at radius 3 is 2.32 bits per heavy atom. The van der Waals surface area contributed by atoms with Crippen LogP contribution in [0.4, 0.5) is 38.9 Å². The van der Waals surface area contributed by atoms with E-state index in [1.165, 1.54) is 18.2 Å². The van der Waals surface area contributed by atoms with Crippen LogP contribution in [0.3, 0.4) is 0 Å². The summed E-state index contributed by atoms with van der Waals surface area (Å²) in [7, 11) is 0. The number of anilines is 5. The summed E-state index contributed by atoms with van der Waals surface area (Å²) >= 11 is 0. The van der Waals surface area contributed by atoms with Crippen LogP contribution in [0.2, 0.25) is 0 Å². The van der Waals surface area contributed by atoms with Crippen molar-refractivity contribution >= 4 is 34.5 Å². The van der Waals surface area contributed by atoms with Gasteiger partial charge in [-0.15, -0.1) is 5.11 Å². The predicted molar refractivity (Wildman–Crippen MR) is 140 cm³/mol. The molecule has 2 aromatic heterocycles. The minimum atomic E-state index is -0.504. The molecule has 38 heavy (non-hydrogen) atoms. The molecule has 0 atom stereocenters. The Labute approximate surface area is 217 Å². The molecular formula is C26H25FN8O3. The van der Waals surface area contributed by atoms with Crippen LogP contribution in [0.5, 0.6) is 11.5 Å². The zero-order chi connectivity index (χ0) is 26.3. The predicted octanol–water partition coefficient (Wildman–Crippen LogP) is 5.03. The number of rotatable bonds is 8. The van der Waals surface area contributed by atoms with Crippen molar-refractivity contribution in [2.45, 2.75) is 6.54 Å². The Morgan fingerprint density at radius 1 is 0.868 bits per heavy atom. The zero-order valence-corrected chi connectivity index (χ0v) is 20.3. The van der Waals surface area contributed by atoms with Crippen LogP contribution in [0.1, 0.15) is 5.69 Å². The Kier molecular flexibility index (Phi) is 7.50. The van der Waals surface area contributed by atoms with E-state index in [-0.39, 0.29) is 29.8 Å². The number of hydrogen-bond acceptors (Lipinski definition) is 11. The molecule has 12 heteroatoms. The van der Waals surface area contributed by atoms with Gasteiger partial charge in [0.1, 0.15) is 18.0 Å². The third kappa shape index (κ3) is 6.48. The molecule has 2 aromatic carbocycles. The fourth-order valence-corrected chi connectivity index (χ4v) is 3.83. The fourth-order valence-electron chi connectivity index (χ4n) is 3.83. The second kappa shape index (κ2) is 11.5. The molecular weight excluding hydrogens is 491 g/mol. The Bertz CT molecular complexity index is 1410. The quantitative estimate of drug-likeness (QED) is 0.237. The highest BCUT2D eigenvalue weighted by atomic mass is 19.1. The van der Waals surface area contributed by atoms with E-state index in [0.717, 1.165) is 23.3 Å². The van der Waals surface area contributed by atoms with E-state index in [4.69, 9.17) is 4.74 Å². The second-order valence-corrected chi connectivity index (χ2v) is 8.45. The summed E-state index contributed by atoms with van der Waals surface area (Å²) in [6.45, 7) is 2.35. The summed E-state index contributed by atoms with van der Waals surface area (Å²) in [6, 6.07) is 15.5. The minimum Gasteiger partial charge on any atom is -0.508 e. The standard InChI is InChI=1S/C26H25FN8O3/c27-24-16-29-26(33-25(24)35-6-8-38-9-7-35)34-30-15-19-4-5-20(14-28-19)31-17-2-1-3-18(10-17)32-21-11-22(36)13-23(37)12-21/h1-5,10-14,16,31-32,36-37H,6-9,15H2. The van der Waals surface area contributed by atoms with Crippen LogP contribution in [0, 0.1) is 5.82 Å². The van der Waals surface area contributed by atoms with E-state index >= 15 is 0 Å². The number of nitrogens with zero attached hydrogens (tertiary/aromatic N) is 6. The molecule has 0 bridgehead atoms. The van der Waals surface area contributed by atoms with Crippen molar-refractivity contribution in [1.29, 1.82) is 0 Å². The molecule has 0 spiro atoms. The number of phenols is 2. The zero-order valence-electron chi connectivity index (χ0n) is 20.3. The van der Waals surface area contributed by atoms with Crippen molar-refractivity contribution in [2.75, 3.05) is 41.8 Å². The lowest BCUT2D eigenvalue weighted by Crippen LogP contribution is -2.37. The molecule has 0 amide bonds. The number of aromatic nitrogens is 3. The molecule has 3 heterocycles. The highest BCUT2D eigenvalue weighted by molar-refractivity contribution is 5.69. The summed E-state index contributed by atoms with van der Waals surface area (Å²) in [5, 5.41) is 33.9. The number of halogens is 1. The largest absolute Gasteiger partial charge is 0.508 e. The van der Waals surface area contributed by atoms with Gasteiger partial charge in [-0.3, -0.25) is 4.98 Å². The third-order valence-corrected chi connectivity index (χ3v) is 5.58. The van der Waals surface area contributed by atoms with Gasteiger partial charge in [0.15, 0.2) is 11.6 Å². The highest BCUT2D eigenvalue weighted by Crippen LogP contribution is 2.28. The van der Waals surface area contributed by atoms with Gasteiger partial charge < -0.3 is 30.5 Å². The van der Waals surface area contributed by atoms with Crippen molar-refractivity contribution in [3.05, 3.63) is 78.5 Å². The van der Waals surface area contributed by atoms with Crippen molar-refractivity contribution in [3.63, 3.8) is 0 Å². The maximum Gasteiger partial charge on any atom is 0.270 e. The molecule has 1 fully saturated rings. The molecule has 0 radical (unpaired) electrons. The maximum atomic E-state index is 14.2. The van der Waals surface area contributed by atoms with E-state index in [9.17, 15) is 14.6 Å². The number of morpholine rings is 1. The van der Waals surface area contributed by atoms with Crippen molar-refractivity contribution < 1.29 is 19.3 Å². The van der Waals surface area contributed by atoms with E-state index in [1.807, 2.05) is 36.4 Å². The molecule has 5 rings (SSSR count). The van der Waals surface area contributed by atoms with Crippen LogP contribution in [-0.4, -0.2) is 51.5 Å². The third-order valence-electron chi connectivity index (χ3n) is 5.58. The number of phenolic OH excluding ortho intramolecular Hbond substituents is 2. The van der Waals surface area contributed by atoms with E-state index in [0.29, 0.717) is 37.7 Å². The maximum absolute atomic E-state index is 14.2.